The number of esters is 1. The monoisotopic (exact) mass is 300 g/mol. The summed E-state index contributed by atoms with van der Waals surface area (Å²) in [6.45, 7) is 2.97. The van der Waals surface area contributed by atoms with E-state index in [1.165, 1.54) is 0 Å². The molecule has 2 heterocycles. The largest absolute Gasteiger partial charge is 0.459 e. The van der Waals surface area contributed by atoms with Crippen LogP contribution in [0.2, 0.25) is 0 Å². The van der Waals surface area contributed by atoms with Gasteiger partial charge < -0.3 is 14.4 Å². The Morgan fingerprint density at radius 2 is 2.18 bits per heavy atom. The Balaban J connectivity index is 1.68. The molecule has 5 nitrogen and oxygen atoms in total. The van der Waals surface area contributed by atoms with Gasteiger partial charge in [-0.25, -0.2) is 4.79 Å². The van der Waals surface area contributed by atoms with Crippen molar-refractivity contribution >= 4 is 11.7 Å². The maximum absolute atomic E-state index is 12.1. The average Bonchev–Trinajstić information content (AvgIpc) is 3.25. The van der Waals surface area contributed by atoms with E-state index in [4.69, 9.17) is 9.47 Å². The van der Waals surface area contributed by atoms with Gasteiger partial charge in [-0.15, -0.1) is 0 Å². The van der Waals surface area contributed by atoms with E-state index in [9.17, 15) is 10.1 Å². The van der Waals surface area contributed by atoms with Crippen molar-refractivity contribution in [3.05, 3.63) is 29.3 Å². The highest BCUT2D eigenvalue weighted by Gasteiger charge is 2.20. The summed E-state index contributed by atoms with van der Waals surface area (Å²) < 4.78 is 10.7. The quantitative estimate of drug-likeness (QED) is 0.799. The smallest absolute Gasteiger partial charge is 0.338 e. The van der Waals surface area contributed by atoms with Gasteiger partial charge in [0, 0.05) is 19.7 Å². The molecular formula is C17H20N2O3. The van der Waals surface area contributed by atoms with Crippen LogP contribution in [0.4, 0.5) is 5.69 Å². The standard InChI is InChI=1S/C17H20N2O3/c18-11-14-10-13(5-6-16(14)19-7-1-2-8-19)17(20)22-12-15-4-3-9-21-15/h5-6,10,15H,1-4,7-9,12H2. The number of hydrogen-bond acceptors (Lipinski definition) is 5. The molecule has 2 fully saturated rings. The SMILES string of the molecule is N#Cc1cc(C(=O)OCC2CCCO2)ccc1N1CCCC1. The molecular weight excluding hydrogens is 280 g/mol. The number of carbonyl (C=O) groups is 1. The Morgan fingerprint density at radius 3 is 2.86 bits per heavy atom. The fourth-order valence-corrected chi connectivity index (χ4v) is 3.01. The first-order valence-electron chi connectivity index (χ1n) is 7.86. The van der Waals surface area contributed by atoms with Crippen molar-refractivity contribution in [2.24, 2.45) is 0 Å². The summed E-state index contributed by atoms with van der Waals surface area (Å²) in [5.41, 5.74) is 1.88. The molecule has 0 radical (unpaired) electrons. The third-order valence-corrected chi connectivity index (χ3v) is 4.22. The highest BCUT2D eigenvalue weighted by Crippen LogP contribution is 2.25. The molecule has 0 aromatic heterocycles. The zero-order chi connectivity index (χ0) is 15.4. The van der Waals surface area contributed by atoms with Crippen molar-refractivity contribution in [2.45, 2.75) is 31.8 Å². The van der Waals surface area contributed by atoms with E-state index in [0.29, 0.717) is 11.1 Å². The van der Waals surface area contributed by atoms with Crippen molar-refractivity contribution in [3.8, 4) is 6.07 Å². The van der Waals surface area contributed by atoms with Gasteiger partial charge in [-0.3, -0.25) is 0 Å². The van der Waals surface area contributed by atoms with Gasteiger partial charge in [0.25, 0.3) is 0 Å². The van der Waals surface area contributed by atoms with Crippen LogP contribution in [0.25, 0.3) is 0 Å². The van der Waals surface area contributed by atoms with E-state index >= 15 is 0 Å². The first-order chi connectivity index (χ1) is 10.8. The molecule has 0 amide bonds. The number of nitriles is 1. The number of carbonyl (C=O) groups excluding carboxylic acids is 1. The highest BCUT2D eigenvalue weighted by molar-refractivity contribution is 5.90. The second-order valence-electron chi connectivity index (χ2n) is 5.77. The summed E-state index contributed by atoms with van der Waals surface area (Å²) in [5, 5.41) is 9.34. The third kappa shape index (κ3) is 3.23. The zero-order valence-corrected chi connectivity index (χ0v) is 12.6. The lowest BCUT2D eigenvalue weighted by atomic mass is 10.1. The molecule has 0 aliphatic carbocycles. The Labute approximate surface area is 130 Å². The highest BCUT2D eigenvalue weighted by atomic mass is 16.6. The first kappa shape index (κ1) is 14.9. The number of benzene rings is 1. The van der Waals surface area contributed by atoms with Crippen LogP contribution in [0.3, 0.4) is 0 Å². The van der Waals surface area contributed by atoms with Crippen LogP contribution in [0.15, 0.2) is 18.2 Å². The molecule has 1 atom stereocenters. The molecule has 3 rings (SSSR count). The van der Waals surface area contributed by atoms with Crippen molar-refractivity contribution in [3.63, 3.8) is 0 Å². The maximum atomic E-state index is 12.1. The van der Waals surface area contributed by atoms with Crippen LogP contribution in [0.5, 0.6) is 0 Å². The summed E-state index contributed by atoms with van der Waals surface area (Å²) in [7, 11) is 0. The summed E-state index contributed by atoms with van der Waals surface area (Å²) in [6, 6.07) is 7.42. The molecule has 22 heavy (non-hydrogen) atoms. The van der Waals surface area contributed by atoms with E-state index in [2.05, 4.69) is 11.0 Å². The molecule has 0 saturated carbocycles. The van der Waals surface area contributed by atoms with Crippen molar-refractivity contribution < 1.29 is 14.3 Å². The second kappa shape index (κ2) is 6.80. The lowest BCUT2D eigenvalue weighted by Gasteiger charge is -2.19. The number of nitrogens with zero attached hydrogens (tertiary/aromatic N) is 2. The van der Waals surface area contributed by atoms with Crippen LogP contribution in [0, 0.1) is 11.3 Å². The molecule has 1 unspecified atom stereocenters. The van der Waals surface area contributed by atoms with Crippen LogP contribution >= 0.6 is 0 Å². The molecule has 2 aliphatic rings. The van der Waals surface area contributed by atoms with Crippen molar-refractivity contribution in [1.82, 2.24) is 0 Å². The van der Waals surface area contributed by atoms with Gasteiger partial charge in [-0.2, -0.15) is 5.26 Å². The molecule has 1 aromatic carbocycles. The lowest BCUT2D eigenvalue weighted by molar-refractivity contribution is 0.0161. The maximum Gasteiger partial charge on any atom is 0.338 e. The summed E-state index contributed by atoms with van der Waals surface area (Å²) in [5.74, 6) is -0.389. The number of anilines is 1. The van der Waals surface area contributed by atoms with Gasteiger partial charge >= 0.3 is 5.97 Å². The van der Waals surface area contributed by atoms with Crippen LogP contribution in [-0.4, -0.2) is 38.4 Å². The van der Waals surface area contributed by atoms with Crippen LogP contribution in [0.1, 0.15) is 41.6 Å². The predicted octanol–water partition coefficient (Wildman–Crippen LogP) is 2.49. The molecule has 2 aliphatic heterocycles. The summed E-state index contributed by atoms with van der Waals surface area (Å²) in [4.78, 5) is 14.3. The van der Waals surface area contributed by atoms with E-state index in [1.54, 1.807) is 12.1 Å². The Hall–Kier alpha value is -2.06. The van der Waals surface area contributed by atoms with Gasteiger partial charge in [-0.05, 0) is 43.9 Å². The van der Waals surface area contributed by atoms with E-state index in [0.717, 1.165) is 51.1 Å². The molecule has 2 saturated heterocycles. The van der Waals surface area contributed by atoms with Gasteiger partial charge in [0.05, 0.1) is 22.9 Å². The number of hydrogen-bond donors (Lipinski definition) is 0. The van der Waals surface area contributed by atoms with Crippen molar-refractivity contribution in [2.75, 3.05) is 31.2 Å². The Bertz CT molecular complexity index is 582. The average molecular weight is 300 g/mol. The first-order valence-corrected chi connectivity index (χ1v) is 7.86. The summed E-state index contributed by atoms with van der Waals surface area (Å²) in [6.07, 6.45) is 4.27. The molecule has 1 aromatic rings. The predicted molar refractivity (Wildman–Crippen MR) is 81.9 cm³/mol. The van der Waals surface area contributed by atoms with E-state index in [-0.39, 0.29) is 18.7 Å². The Morgan fingerprint density at radius 1 is 1.36 bits per heavy atom. The molecule has 0 N–H and O–H groups in total. The molecule has 0 bridgehead atoms. The van der Waals surface area contributed by atoms with Gasteiger partial charge in [-0.1, -0.05) is 0 Å². The third-order valence-electron chi connectivity index (χ3n) is 4.22. The van der Waals surface area contributed by atoms with Gasteiger partial charge in [0.2, 0.25) is 0 Å². The minimum atomic E-state index is -0.389. The zero-order valence-electron chi connectivity index (χ0n) is 12.6. The van der Waals surface area contributed by atoms with E-state index in [1.807, 2.05) is 6.07 Å². The minimum absolute atomic E-state index is 0.0169. The fraction of sp³-hybridized carbons (Fsp3) is 0.529. The van der Waals surface area contributed by atoms with E-state index < -0.39 is 0 Å². The topological polar surface area (TPSA) is 62.6 Å². The number of ether oxygens (including phenoxy) is 2. The Kier molecular flexibility index (Phi) is 4.59. The summed E-state index contributed by atoms with van der Waals surface area (Å²) >= 11 is 0. The molecule has 116 valence electrons. The van der Waals surface area contributed by atoms with Gasteiger partial charge in [0.15, 0.2) is 0 Å². The second-order valence-corrected chi connectivity index (χ2v) is 5.77. The van der Waals surface area contributed by atoms with Gasteiger partial charge in [0.1, 0.15) is 12.7 Å². The fourth-order valence-electron chi connectivity index (χ4n) is 3.01. The lowest BCUT2D eigenvalue weighted by Crippen LogP contribution is -2.20. The molecule has 5 heteroatoms. The normalized spacial score (nSPS) is 20.9. The van der Waals surface area contributed by atoms with Crippen LogP contribution < -0.4 is 4.90 Å². The van der Waals surface area contributed by atoms with Crippen molar-refractivity contribution in [1.29, 1.82) is 5.26 Å². The molecule has 0 spiro atoms. The van der Waals surface area contributed by atoms with Crippen LogP contribution in [-0.2, 0) is 9.47 Å². The minimum Gasteiger partial charge on any atom is -0.459 e. The number of rotatable bonds is 4.